The van der Waals surface area contributed by atoms with E-state index in [-0.39, 0.29) is 11.2 Å². The lowest BCUT2D eigenvalue weighted by Crippen LogP contribution is -2.47. The first-order chi connectivity index (χ1) is 11.1. The molecule has 2 aliphatic heterocycles. The largest absolute Gasteiger partial charge is 0.379 e. The molecule has 0 atom stereocenters. The summed E-state index contributed by atoms with van der Waals surface area (Å²) >= 11 is 0. The number of H-pyrrole nitrogens is 1. The van der Waals surface area contributed by atoms with Crippen molar-refractivity contribution in [2.75, 3.05) is 52.6 Å². The lowest BCUT2D eigenvalue weighted by atomic mass is 10.2. The fraction of sp³-hybridized carbons (Fsp3) is 0.733. The molecule has 8 nitrogen and oxygen atoms in total. The predicted molar refractivity (Wildman–Crippen MR) is 84.5 cm³/mol. The quantitative estimate of drug-likeness (QED) is 0.763. The van der Waals surface area contributed by atoms with Crippen LogP contribution in [0.3, 0.4) is 0 Å². The number of nitrogens with zero attached hydrogens (tertiary/aromatic N) is 3. The van der Waals surface area contributed by atoms with Crippen LogP contribution < -0.4 is 11.2 Å². The summed E-state index contributed by atoms with van der Waals surface area (Å²) < 4.78 is 11.9. The van der Waals surface area contributed by atoms with Crippen molar-refractivity contribution in [3.8, 4) is 0 Å². The molecule has 128 valence electrons. The molecular weight excluding hydrogens is 300 g/mol. The molecule has 0 spiro atoms. The minimum atomic E-state index is -0.343. The van der Waals surface area contributed by atoms with Crippen molar-refractivity contribution in [3.05, 3.63) is 32.1 Å². The van der Waals surface area contributed by atoms with Crippen LogP contribution in [0.2, 0.25) is 0 Å². The van der Waals surface area contributed by atoms with E-state index in [4.69, 9.17) is 9.47 Å². The predicted octanol–water partition coefficient (Wildman–Crippen LogP) is -1.03. The number of ether oxygens (including phenoxy) is 2. The van der Waals surface area contributed by atoms with Crippen LogP contribution in [-0.2, 0) is 22.7 Å². The van der Waals surface area contributed by atoms with Crippen molar-refractivity contribution in [3.63, 3.8) is 0 Å². The summed E-state index contributed by atoms with van der Waals surface area (Å²) in [6, 6.07) is 0. The highest BCUT2D eigenvalue weighted by Gasteiger charge is 2.19. The Labute approximate surface area is 134 Å². The van der Waals surface area contributed by atoms with Crippen LogP contribution >= 0.6 is 0 Å². The van der Waals surface area contributed by atoms with Gasteiger partial charge in [0.25, 0.3) is 5.56 Å². The van der Waals surface area contributed by atoms with Gasteiger partial charge in [-0.15, -0.1) is 0 Å². The summed E-state index contributed by atoms with van der Waals surface area (Å²) in [5.41, 5.74) is 0.790. The molecule has 0 bridgehead atoms. The van der Waals surface area contributed by atoms with Crippen LogP contribution in [0.25, 0.3) is 0 Å². The van der Waals surface area contributed by atoms with Gasteiger partial charge in [-0.05, 0) is 6.92 Å². The second kappa shape index (κ2) is 7.39. The van der Waals surface area contributed by atoms with Gasteiger partial charge in [0.05, 0.1) is 38.7 Å². The Bertz CT molecular complexity index is 642. The number of morpholine rings is 2. The normalized spacial score (nSPS) is 20.7. The topological polar surface area (TPSA) is 79.8 Å². The van der Waals surface area contributed by atoms with Gasteiger partial charge in [0.15, 0.2) is 0 Å². The number of aryl methyl sites for hydroxylation is 1. The zero-order valence-corrected chi connectivity index (χ0v) is 13.5. The van der Waals surface area contributed by atoms with E-state index in [0.717, 1.165) is 26.2 Å². The number of nitrogens with one attached hydrogen (secondary N) is 1. The Morgan fingerprint density at radius 1 is 0.957 bits per heavy atom. The maximum absolute atomic E-state index is 12.8. The second-order valence-electron chi connectivity index (χ2n) is 6.03. The maximum atomic E-state index is 12.8. The molecule has 2 saturated heterocycles. The standard InChI is InChI=1S/C15H24N4O4/c1-12-13(10-17-2-6-22-7-3-17)14(20)19(15(21)16-12)11-18-4-8-23-9-5-18/h2-11H2,1H3,(H,16,21). The maximum Gasteiger partial charge on any atom is 0.329 e. The molecule has 3 heterocycles. The molecule has 0 aliphatic carbocycles. The third-order valence-electron chi connectivity index (χ3n) is 4.43. The number of rotatable bonds is 4. The van der Waals surface area contributed by atoms with E-state index in [9.17, 15) is 9.59 Å². The second-order valence-corrected chi connectivity index (χ2v) is 6.03. The fourth-order valence-corrected chi connectivity index (χ4v) is 2.96. The Kier molecular flexibility index (Phi) is 5.27. The minimum absolute atomic E-state index is 0.191. The van der Waals surface area contributed by atoms with E-state index in [1.807, 2.05) is 0 Å². The lowest BCUT2D eigenvalue weighted by Gasteiger charge is -2.28. The smallest absolute Gasteiger partial charge is 0.329 e. The number of hydrogen-bond acceptors (Lipinski definition) is 6. The zero-order chi connectivity index (χ0) is 16.2. The van der Waals surface area contributed by atoms with Gasteiger partial charge < -0.3 is 14.5 Å². The van der Waals surface area contributed by atoms with Crippen LogP contribution in [0.15, 0.2) is 9.59 Å². The third-order valence-corrected chi connectivity index (χ3v) is 4.43. The molecule has 0 unspecified atom stereocenters. The zero-order valence-electron chi connectivity index (χ0n) is 13.5. The minimum Gasteiger partial charge on any atom is -0.379 e. The number of hydrogen-bond donors (Lipinski definition) is 1. The Morgan fingerprint density at radius 3 is 2.13 bits per heavy atom. The Morgan fingerprint density at radius 2 is 1.52 bits per heavy atom. The lowest BCUT2D eigenvalue weighted by molar-refractivity contribution is 0.0216. The molecule has 23 heavy (non-hydrogen) atoms. The third kappa shape index (κ3) is 3.89. The summed E-state index contributed by atoms with van der Waals surface area (Å²) in [5.74, 6) is 0. The van der Waals surface area contributed by atoms with E-state index in [1.54, 1.807) is 6.92 Å². The molecule has 1 aromatic rings. The van der Waals surface area contributed by atoms with Crippen molar-refractivity contribution < 1.29 is 9.47 Å². The molecule has 0 amide bonds. The highest BCUT2D eigenvalue weighted by atomic mass is 16.5. The van der Waals surface area contributed by atoms with Gasteiger partial charge in [0, 0.05) is 38.4 Å². The number of aromatic amines is 1. The highest BCUT2D eigenvalue weighted by Crippen LogP contribution is 2.06. The first-order valence-electron chi connectivity index (χ1n) is 8.08. The van der Waals surface area contributed by atoms with E-state index in [0.29, 0.717) is 50.9 Å². The number of aromatic nitrogens is 2. The average Bonchev–Trinajstić information content (AvgIpc) is 2.57. The molecule has 0 radical (unpaired) electrons. The summed E-state index contributed by atoms with van der Waals surface area (Å²) in [6.45, 7) is 8.38. The molecule has 2 aliphatic rings. The molecule has 0 aromatic carbocycles. The molecule has 0 saturated carbocycles. The molecule has 8 heteroatoms. The van der Waals surface area contributed by atoms with Gasteiger partial charge in [0.1, 0.15) is 0 Å². The van der Waals surface area contributed by atoms with Gasteiger partial charge in [-0.1, -0.05) is 0 Å². The van der Waals surface area contributed by atoms with Crippen LogP contribution in [-0.4, -0.2) is 72.0 Å². The molecule has 1 N–H and O–H groups in total. The van der Waals surface area contributed by atoms with Crippen molar-refractivity contribution in [2.24, 2.45) is 0 Å². The molecular formula is C15H24N4O4. The Hall–Kier alpha value is -1.48. The fourth-order valence-electron chi connectivity index (χ4n) is 2.96. The Balaban J connectivity index is 1.82. The molecule has 2 fully saturated rings. The van der Waals surface area contributed by atoms with Crippen molar-refractivity contribution in [1.82, 2.24) is 19.4 Å². The highest BCUT2D eigenvalue weighted by molar-refractivity contribution is 5.15. The van der Waals surface area contributed by atoms with Crippen LogP contribution in [0, 0.1) is 6.92 Å². The monoisotopic (exact) mass is 324 g/mol. The first-order valence-corrected chi connectivity index (χ1v) is 8.08. The summed E-state index contributed by atoms with van der Waals surface area (Å²) in [7, 11) is 0. The van der Waals surface area contributed by atoms with Crippen LogP contribution in [0.1, 0.15) is 11.3 Å². The van der Waals surface area contributed by atoms with Gasteiger partial charge in [-0.3, -0.25) is 14.6 Å². The van der Waals surface area contributed by atoms with E-state index < -0.39 is 0 Å². The molecule has 3 rings (SSSR count). The van der Waals surface area contributed by atoms with Crippen molar-refractivity contribution in [2.45, 2.75) is 20.1 Å². The van der Waals surface area contributed by atoms with E-state index >= 15 is 0 Å². The van der Waals surface area contributed by atoms with Gasteiger partial charge in [-0.25, -0.2) is 9.36 Å². The summed E-state index contributed by atoms with van der Waals surface area (Å²) in [4.78, 5) is 32.0. The van der Waals surface area contributed by atoms with Crippen LogP contribution in [0.4, 0.5) is 0 Å². The average molecular weight is 324 g/mol. The first kappa shape index (κ1) is 16.4. The van der Waals surface area contributed by atoms with Gasteiger partial charge in [0.2, 0.25) is 0 Å². The van der Waals surface area contributed by atoms with Gasteiger partial charge in [-0.2, -0.15) is 0 Å². The van der Waals surface area contributed by atoms with Crippen molar-refractivity contribution in [1.29, 1.82) is 0 Å². The van der Waals surface area contributed by atoms with Crippen molar-refractivity contribution >= 4 is 0 Å². The SMILES string of the molecule is Cc1[nH]c(=O)n(CN2CCOCC2)c(=O)c1CN1CCOCC1. The van der Waals surface area contributed by atoms with Gasteiger partial charge >= 0.3 is 5.69 Å². The summed E-state index contributed by atoms with van der Waals surface area (Å²) in [6.07, 6.45) is 0. The van der Waals surface area contributed by atoms with Crippen LogP contribution in [0.5, 0.6) is 0 Å². The van der Waals surface area contributed by atoms with E-state index in [2.05, 4.69) is 14.8 Å². The molecule has 1 aromatic heterocycles. The summed E-state index contributed by atoms with van der Waals surface area (Å²) in [5, 5.41) is 0. The van der Waals surface area contributed by atoms with E-state index in [1.165, 1.54) is 4.57 Å².